The molecule has 1 aliphatic rings. The van der Waals surface area contributed by atoms with E-state index in [4.69, 9.17) is 9.47 Å². The summed E-state index contributed by atoms with van der Waals surface area (Å²) >= 11 is 0. The number of fused-ring (bicyclic) bond motifs is 1. The van der Waals surface area contributed by atoms with Crippen LogP contribution in [0.1, 0.15) is 37.9 Å². The first kappa shape index (κ1) is 19.0. The van der Waals surface area contributed by atoms with E-state index in [1.807, 2.05) is 63.2 Å². The van der Waals surface area contributed by atoms with Crippen LogP contribution in [0.15, 0.2) is 55.1 Å². The number of para-hydroxylation sites is 1. The fourth-order valence-electron chi connectivity index (χ4n) is 3.47. The van der Waals surface area contributed by atoms with Gasteiger partial charge in [-0.2, -0.15) is 5.10 Å². The minimum absolute atomic E-state index is 0.0678. The third kappa shape index (κ3) is 4.23. The van der Waals surface area contributed by atoms with E-state index in [9.17, 15) is 4.79 Å². The van der Waals surface area contributed by atoms with Crippen molar-refractivity contribution in [2.75, 3.05) is 6.61 Å². The fourth-order valence-corrected chi connectivity index (χ4v) is 3.47. The Morgan fingerprint density at radius 3 is 2.79 bits per heavy atom. The largest absolute Gasteiger partial charge is 0.483 e. The molecule has 7 nitrogen and oxygen atoms in total. The summed E-state index contributed by atoms with van der Waals surface area (Å²) in [5.74, 6) is 1.16. The molecule has 0 aliphatic carbocycles. The van der Waals surface area contributed by atoms with Crippen LogP contribution in [0.4, 0.5) is 0 Å². The normalized spacial score (nSPS) is 15.3. The van der Waals surface area contributed by atoms with E-state index in [1.165, 1.54) is 6.33 Å². The Kier molecular flexibility index (Phi) is 4.96. The predicted octanol–water partition coefficient (Wildman–Crippen LogP) is 3.24. The molecule has 1 N–H and O–H groups in total. The molecule has 0 fully saturated rings. The highest BCUT2D eigenvalue weighted by molar-refractivity contribution is 5.78. The van der Waals surface area contributed by atoms with Crippen molar-refractivity contribution in [3.8, 4) is 17.2 Å². The van der Waals surface area contributed by atoms with Gasteiger partial charge in [0.05, 0.1) is 11.7 Å². The van der Waals surface area contributed by atoms with Gasteiger partial charge < -0.3 is 14.8 Å². The summed E-state index contributed by atoms with van der Waals surface area (Å²) in [4.78, 5) is 16.3. The second-order valence-electron chi connectivity index (χ2n) is 7.79. The van der Waals surface area contributed by atoms with Crippen molar-refractivity contribution in [2.45, 2.75) is 38.8 Å². The topological polar surface area (TPSA) is 78.3 Å². The molecular weight excluding hydrogens is 368 g/mol. The van der Waals surface area contributed by atoms with E-state index in [0.717, 1.165) is 29.0 Å². The number of carbonyl (C=O) groups is 1. The summed E-state index contributed by atoms with van der Waals surface area (Å²) in [6.07, 6.45) is 3.96. The van der Waals surface area contributed by atoms with E-state index in [-0.39, 0.29) is 24.2 Å². The first-order valence-corrected chi connectivity index (χ1v) is 9.59. The van der Waals surface area contributed by atoms with Gasteiger partial charge in [-0.05, 0) is 44.5 Å². The molecular formula is C22H24N4O3. The Bertz CT molecular complexity index is 997. The molecule has 0 saturated carbocycles. The Labute approximate surface area is 169 Å². The number of nitrogens with one attached hydrogen (secondary N) is 1. The molecule has 29 heavy (non-hydrogen) atoms. The molecule has 1 amide bonds. The molecule has 2 heterocycles. The van der Waals surface area contributed by atoms with E-state index in [2.05, 4.69) is 15.4 Å². The zero-order valence-electron chi connectivity index (χ0n) is 16.8. The minimum atomic E-state index is -0.253. The molecule has 2 aromatic carbocycles. The summed E-state index contributed by atoms with van der Waals surface area (Å²) in [6, 6.07) is 13.4. The summed E-state index contributed by atoms with van der Waals surface area (Å²) < 4.78 is 13.4. The average Bonchev–Trinajstić information content (AvgIpc) is 3.33. The predicted molar refractivity (Wildman–Crippen MR) is 108 cm³/mol. The average molecular weight is 392 g/mol. The van der Waals surface area contributed by atoms with Gasteiger partial charge in [0.15, 0.2) is 18.1 Å². The molecule has 0 radical (unpaired) electrons. The highest BCUT2D eigenvalue weighted by Crippen LogP contribution is 2.41. The standard InChI is InChI=1S/C22H24N4O3/c1-15(16-7-9-18(10-8-16)26-14-23-13-24-26)25-20(27)12-28-19-6-4-5-17-11-22(2,3)29-21(17)19/h4-10,13-15H,11-12H2,1-3H3,(H,25,27). The number of hydrogen-bond acceptors (Lipinski definition) is 5. The first-order chi connectivity index (χ1) is 13.9. The summed E-state index contributed by atoms with van der Waals surface area (Å²) in [5, 5.41) is 7.07. The lowest BCUT2D eigenvalue weighted by atomic mass is 10.0. The van der Waals surface area contributed by atoms with E-state index in [0.29, 0.717) is 5.75 Å². The molecule has 4 rings (SSSR count). The van der Waals surface area contributed by atoms with Crippen molar-refractivity contribution in [1.29, 1.82) is 0 Å². The Morgan fingerprint density at radius 2 is 2.07 bits per heavy atom. The summed E-state index contributed by atoms with van der Waals surface area (Å²) in [6.45, 7) is 5.95. The van der Waals surface area contributed by atoms with Gasteiger partial charge in [-0.3, -0.25) is 4.79 Å². The van der Waals surface area contributed by atoms with Crippen LogP contribution in [0.25, 0.3) is 5.69 Å². The lowest BCUT2D eigenvalue weighted by Gasteiger charge is -2.18. The number of ether oxygens (including phenoxy) is 2. The molecule has 0 bridgehead atoms. The second kappa shape index (κ2) is 7.58. The quantitative estimate of drug-likeness (QED) is 0.697. The van der Waals surface area contributed by atoms with Gasteiger partial charge in [0, 0.05) is 12.0 Å². The highest BCUT2D eigenvalue weighted by atomic mass is 16.5. The monoisotopic (exact) mass is 392 g/mol. The number of amides is 1. The lowest BCUT2D eigenvalue weighted by Crippen LogP contribution is -2.31. The van der Waals surface area contributed by atoms with Crippen molar-refractivity contribution >= 4 is 5.91 Å². The third-order valence-electron chi connectivity index (χ3n) is 4.87. The van der Waals surface area contributed by atoms with Gasteiger partial charge in [0.2, 0.25) is 0 Å². The molecule has 150 valence electrons. The molecule has 1 unspecified atom stereocenters. The molecule has 1 aromatic heterocycles. The molecule has 0 spiro atoms. The number of aromatic nitrogens is 3. The smallest absolute Gasteiger partial charge is 0.258 e. The van der Waals surface area contributed by atoms with Crippen LogP contribution in [0, 0.1) is 0 Å². The van der Waals surface area contributed by atoms with Crippen molar-refractivity contribution in [3.05, 3.63) is 66.2 Å². The Hall–Kier alpha value is -3.35. The highest BCUT2D eigenvalue weighted by Gasteiger charge is 2.32. The van der Waals surface area contributed by atoms with Crippen LogP contribution < -0.4 is 14.8 Å². The lowest BCUT2D eigenvalue weighted by molar-refractivity contribution is -0.123. The number of hydrogen-bond donors (Lipinski definition) is 1. The van der Waals surface area contributed by atoms with Gasteiger partial charge in [-0.25, -0.2) is 9.67 Å². The zero-order valence-corrected chi connectivity index (χ0v) is 16.8. The van der Waals surface area contributed by atoms with Crippen molar-refractivity contribution in [2.24, 2.45) is 0 Å². The number of rotatable bonds is 6. The third-order valence-corrected chi connectivity index (χ3v) is 4.87. The number of carbonyl (C=O) groups excluding carboxylic acids is 1. The first-order valence-electron chi connectivity index (χ1n) is 9.59. The van der Waals surface area contributed by atoms with E-state index >= 15 is 0 Å². The Morgan fingerprint density at radius 1 is 1.28 bits per heavy atom. The van der Waals surface area contributed by atoms with Crippen LogP contribution in [-0.2, 0) is 11.2 Å². The summed E-state index contributed by atoms with van der Waals surface area (Å²) in [5.41, 5.74) is 2.76. The zero-order chi connectivity index (χ0) is 20.4. The van der Waals surface area contributed by atoms with Crippen molar-refractivity contribution in [1.82, 2.24) is 20.1 Å². The maximum absolute atomic E-state index is 12.4. The van der Waals surface area contributed by atoms with Gasteiger partial charge in [0.25, 0.3) is 5.91 Å². The molecule has 7 heteroatoms. The van der Waals surface area contributed by atoms with E-state index in [1.54, 1.807) is 11.0 Å². The van der Waals surface area contributed by atoms with Crippen LogP contribution in [0.3, 0.4) is 0 Å². The second-order valence-corrected chi connectivity index (χ2v) is 7.79. The SMILES string of the molecule is CC(NC(=O)COc1cccc2c1OC(C)(C)C2)c1ccc(-n2cncn2)cc1. The molecule has 0 saturated heterocycles. The molecule has 1 atom stereocenters. The maximum atomic E-state index is 12.4. The number of nitrogens with zero attached hydrogens (tertiary/aromatic N) is 3. The number of benzene rings is 2. The molecule has 3 aromatic rings. The van der Waals surface area contributed by atoms with Crippen LogP contribution in [0.2, 0.25) is 0 Å². The van der Waals surface area contributed by atoms with E-state index < -0.39 is 0 Å². The van der Waals surface area contributed by atoms with Crippen molar-refractivity contribution in [3.63, 3.8) is 0 Å². The fraction of sp³-hybridized carbons (Fsp3) is 0.318. The molecule has 1 aliphatic heterocycles. The summed E-state index contributed by atoms with van der Waals surface area (Å²) in [7, 11) is 0. The minimum Gasteiger partial charge on any atom is -0.483 e. The maximum Gasteiger partial charge on any atom is 0.258 e. The van der Waals surface area contributed by atoms with Crippen LogP contribution >= 0.6 is 0 Å². The van der Waals surface area contributed by atoms with Gasteiger partial charge >= 0.3 is 0 Å². The van der Waals surface area contributed by atoms with Gasteiger partial charge in [-0.15, -0.1) is 0 Å². The van der Waals surface area contributed by atoms with Crippen LogP contribution in [0.5, 0.6) is 11.5 Å². The van der Waals surface area contributed by atoms with Gasteiger partial charge in [-0.1, -0.05) is 24.3 Å². The van der Waals surface area contributed by atoms with Crippen molar-refractivity contribution < 1.29 is 14.3 Å². The van der Waals surface area contributed by atoms with Crippen LogP contribution in [-0.4, -0.2) is 32.9 Å². The van der Waals surface area contributed by atoms with Gasteiger partial charge in [0.1, 0.15) is 18.3 Å². The Balaban J connectivity index is 1.34.